The van der Waals surface area contributed by atoms with Crippen LogP contribution in [0.15, 0.2) is 41.1 Å². The molecule has 4 heterocycles. The number of nitrogens with zero attached hydrogens (tertiary/aromatic N) is 4. The molecule has 0 amide bonds. The number of benzene rings is 1. The molecule has 1 fully saturated rings. The van der Waals surface area contributed by atoms with E-state index in [9.17, 15) is 0 Å². The van der Waals surface area contributed by atoms with Crippen LogP contribution in [0, 0.1) is 0 Å². The lowest BCUT2D eigenvalue weighted by molar-refractivity contribution is 0.421. The Morgan fingerprint density at radius 1 is 1.21 bits per heavy atom. The van der Waals surface area contributed by atoms with E-state index < -0.39 is 0 Å². The monoisotopic (exact) mass is 451 g/mol. The number of pyridine rings is 2. The van der Waals surface area contributed by atoms with Gasteiger partial charge in [-0.1, -0.05) is 6.07 Å². The molecule has 0 radical (unpaired) electrons. The molecule has 0 atom stereocenters. The van der Waals surface area contributed by atoms with Gasteiger partial charge in [-0.15, -0.1) is 0 Å². The van der Waals surface area contributed by atoms with E-state index in [4.69, 9.17) is 14.7 Å². The van der Waals surface area contributed by atoms with Gasteiger partial charge in [-0.25, -0.2) is 0 Å². The van der Waals surface area contributed by atoms with E-state index in [-0.39, 0.29) is 0 Å². The second kappa shape index (κ2) is 7.39. The zero-order chi connectivity index (χ0) is 20.0. The largest absolute Gasteiger partial charge is 0.495 e. The minimum absolute atomic E-state index is 0.532. The predicted octanol–water partition coefficient (Wildman–Crippen LogP) is 4.42. The fraction of sp³-hybridized carbons (Fsp3) is 0.318. The van der Waals surface area contributed by atoms with Crippen LogP contribution in [0.4, 0.5) is 0 Å². The van der Waals surface area contributed by atoms with Crippen LogP contribution in [0.2, 0.25) is 0 Å². The number of fused-ring (bicyclic) bond motifs is 2. The molecule has 1 N–H and O–H groups in total. The third-order valence-electron chi connectivity index (χ3n) is 5.65. The molecule has 4 aromatic rings. The molecule has 5 rings (SSSR count). The van der Waals surface area contributed by atoms with Gasteiger partial charge < -0.3 is 10.1 Å². The first-order valence-electron chi connectivity index (χ1n) is 9.81. The summed E-state index contributed by atoms with van der Waals surface area (Å²) in [7, 11) is 3.60. The average Bonchev–Trinajstić information content (AvgIpc) is 3.15. The molecule has 0 spiro atoms. The van der Waals surface area contributed by atoms with E-state index in [0.29, 0.717) is 5.92 Å². The number of rotatable bonds is 3. The first kappa shape index (κ1) is 18.5. The first-order chi connectivity index (χ1) is 14.1. The number of hydrogen-bond acceptors (Lipinski definition) is 5. The molecule has 1 aliphatic heterocycles. The highest BCUT2D eigenvalue weighted by Gasteiger charge is 2.19. The highest BCUT2D eigenvalue weighted by Crippen LogP contribution is 2.40. The Balaban J connectivity index is 1.60. The highest BCUT2D eigenvalue weighted by atomic mass is 79.9. The van der Waals surface area contributed by atoms with E-state index >= 15 is 0 Å². The van der Waals surface area contributed by atoms with Crippen molar-refractivity contribution in [3.63, 3.8) is 0 Å². The number of halogens is 1. The van der Waals surface area contributed by atoms with E-state index in [1.165, 1.54) is 5.69 Å². The minimum Gasteiger partial charge on any atom is -0.495 e. The van der Waals surface area contributed by atoms with E-state index in [1.54, 1.807) is 11.8 Å². The highest BCUT2D eigenvalue weighted by molar-refractivity contribution is 9.10. The maximum atomic E-state index is 5.76. The van der Waals surface area contributed by atoms with Gasteiger partial charge in [0.15, 0.2) is 0 Å². The summed E-state index contributed by atoms with van der Waals surface area (Å²) in [6.07, 6.45) is 6.12. The normalized spacial score (nSPS) is 15.3. The molecule has 1 aromatic carbocycles. The molecule has 3 aromatic heterocycles. The lowest BCUT2D eigenvalue weighted by Gasteiger charge is -2.22. The smallest absolute Gasteiger partial charge is 0.139 e. The van der Waals surface area contributed by atoms with Crippen LogP contribution in [0.3, 0.4) is 0 Å². The Hall–Kier alpha value is -2.51. The molecule has 7 heteroatoms. The molecule has 0 aliphatic carbocycles. The van der Waals surface area contributed by atoms with Crippen molar-refractivity contribution >= 4 is 37.7 Å². The molecular formula is C22H22BrN5O. The molecule has 1 aliphatic rings. The molecule has 0 unspecified atom stereocenters. The number of hydrogen-bond donors (Lipinski definition) is 1. The van der Waals surface area contributed by atoms with Crippen LogP contribution < -0.4 is 10.1 Å². The Labute approximate surface area is 177 Å². The van der Waals surface area contributed by atoms with Gasteiger partial charge in [0.25, 0.3) is 0 Å². The summed E-state index contributed by atoms with van der Waals surface area (Å²) in [6, 6.07) is 8.44. The van der Waals surface area contributed by atoms with Gasteiger partial charge in [0, 0.05) is 40.3 Å². The van der Waals surface area contributed by atoms with Gasteiger partial charge in [-0.2, -0.15) is 5.10 Å². The Bertz CT molecular complexity index is 1210. The van der Waals surface area contributed by atoms with Crippen molar-refractivity contribution < 1.29 is 4.74 Å². The topological polar surface area (TPSA) is 64.9 Å². The number of aryl methyl sites for hydroxylation is 1. The zero-order valence-electron chi connectivity index (χ0n) is 16.4. The van der Waals surface area contributed by atoms with Crippen LogP contribution in [-0.4, -0.2) is 39.9 Å². The van der Waals surface area contributed by atoms with Gasteiger partial charge in [0.05, 0.1) is 29.9 Å². The van der Waals surface area contributed by atoms with Crippen molar-refractivity contribution in [1.29, 1.82) is 0 Å². The number of nitrogens with one attached hydrogen (secondary N) is 1. The maximum Gasteiger partial charge on any atom is 0.139 e. The summed E-state index contributed by atoms with van der Waals surface area (Å²) in [5.41, 5.74) is 4.78. The van der Waals surface area contributed by atoms with Crippen molar-refractivity contribution in [2.75, 3.05) is 20.2 Å². The molecular weight excluding hydrogens is 430 g/mol. The van der Waals surface area contributed by atoms with Crippen molar-refractivity contribution in [3.05, 3.63) is 46.8 Å². The van der Waals surface area contributed by atoms with Crippen molar-refractivity contribution in [2.45, 2.75) is 18.8 Å². The van der Waals surface area contributed by atoms with E-state index in [0.717, 1.165) is 69.2 Å². The lowest BCUT2D eigenvalue weighted by Crippen LogP contribution is -2.27. The molecule has 0 bridgehead atoms. The summed E-state index contributed by atoms with van der Waals surface area (Å²) in [4.78, 5) is 9.63. The number of ether oxygens (including phenoxy) is 1. The second-order valence-corrected chi connectivity index (χ2v) is 8.38. The first-order valence-corrected chi connectivity index (χ1v) is 10.6. The standard InChI is InChI=1S/C22H22BrN5O/c1-28-12-16-21(27-28)17(23)10-15(22(16)29-2)19-9-14-3-4-18(26-20(14)11-25-19)13-5-7-24-8-6-13/h3-4,9-13,24H,5-8H2,1-2H3. The van der Waals surface area contributed by atoms with Crippen LogP contribution in [0.5, 0.6) is 5.75 Å². The van der Waals surface area contributed by atoms with Crippen molar-refractivity contribution in [3.8, 4) is 17.0 Å². The van der Waals surface area contributed by atoms with Crippen LogP contribution in [0.25, 0.3) is 33.1 Å². The summed E-state index contributed by atoms with van der Waals surface area (Å²) >= 11 is 3.65. The van der Waals surface area contributed by atoms with E-state index in [1.807, 2.05) is 25.5 Å². The van der Waals surface area contributed by atoms with Gasteiger partial charge in [0.2, 0.25) is 0 Å². The fourth-order valence-corrected chi connectivity index (χ4v) is 4.70. The van der Waals surface area contributed by atoms with Gasteiger partial charge in [-0.3, -0.25) is 14.6 Å². The third-order valence-corrected chi connectivity index (χ3v) is 6.25. The minimum atomic E-state index is 0.532. The Morgan fingerprint density at radius 3 is 2.83 bits per heavy atom. The lowest BCUT2D eigenvalue weighted by atomic mass is 9.94. The Morgan fingerprint density at radius 2 is 2.03 bits per heavy atom. The summed E-state index contributed by atoms with van der Waals surface area (Å²) in [5, 5.41) is 9.97. The fourth-order valence-electron chi connectivity index (χ4n) is 4.18. The summed E-state index contributed by atoms with van der Waals surface area (Å²) < 4.78 is 8.47. The summed E-state index contributed by atoms with van der Waals surface area (Å²) in [5.74, 6) is 1.31. The van der Waals surface area contributed by atoms with Crippen LogP contribution >= 0.6 is 15.9 Å². The quantitative estimate of drug-likeness (QED) is 0.499. The van der Waals surface area contributed by atoms with Gasteiger partial charge in [-0.05, 0) is 60.1 Å². The number of piperidine rings is 1. The van der Waals surface area contributed by atoms with Crippen molar-refractivity contribution in [1.82, 2.24) is 25.1 Å². The van der Waals surface area contributed by atoms with E-state index in [2.05, 4.69) is 44.5 Å². The second-order valence-electron chi connectivity index (χ2n) is 7.53. The average molecular weight is 452 g/mol. The zero-order valence-corrected chi connectivity index (χ0v) is 18.0. The third kappa shape index (κ3) is 3.28. The van der Waals surface area contributed by atoms with Gasteiger partial charge in [0.1, 0.15) is 11.3 Å². The number of aromatic nitrogens is 4. The van der Waals surface area contributed by atoms with Crippen LogP contribution in [-0.2, 0) is 7.05 Å². The molecule has 6 nitrogen and oxygen atoms in total. The van der Waals surface area contributed by atoms with Crippen molar-refractivity contribution in [2.24, 2.45) is 7.05 Å². The maximum absolute atomic E-state index is 5.76. The number of methoxy groups -OCH3 is 1. The Kier molecular flexibility index (Phi) is 4.72. The van der Waals surface area contributed by atoms with Gasteiger partial charge >= 0.3 is 0 Å². The molecule has 1 saturated heterocycles. The SMILES string of the molecule is COc1c(-c2cc3ccc(C4CCNCC4)nc3cn2)cc(Br)c2nn(C)cc12. The molecule has 148 valence electrons. The molecule has 0 saturated carbocycles. The van der Waals surface area contributed by atoms with Crippen LogP contribution in [0.1, 0.15) is 24.5 Å². The summed E-state index contributed by atoms with van der Waals surface area (Å²) in [6.45, 7) is 2.13. The molecule has 29 heavy (non-hydrogen) atoms. The predicted molar refractivity (Wildman–Crippen MR) is 118 cm³/mol.